The van der Waals surface area contributed by atoms with Crippen molar-refractivity contribution in [1.29, 1.82) is 0 Å². The number of ether oxygens (including phenoxy) is 1. The molecule has 124 valence electrons. The second-order valence-electron chi connectivity index (χ2n) is 5.19. The van der Waals surface area contributed by atoms with Crippen LogP contribution in [0.25, 0.3) is 0 Å². The Hall–Kier alpha value is -1.60. The maximum Gasteiger partial charge on any atom is 0.284 e. The van der Waals surface area contributed by atoms with Gasteiger partial charge in [0.1, 0.15) is 23.1 Å². The molecule has 0 spiro atoms. The number of benzene rings is 1. The quantitative estimate of drug-likeness (QED) is 0.838. The Morgan fingerprint density at radius 1 is 1.22 bits per heavy atom. The van der Waals surface area contributed by atoms with Crippen molar-refractivity contribution in [2.45, 2.75) is 30.5 Å². The van der Waals surface area contributed by atoms with Gasteiger partial charge in [0.15, 0.2) is 0 Å². The van der Waals surface area contributed by atoms with Crippen LogP contribution in [0.3, 0.4) is 0 Å². The summed E-state index contributed by atoms with van der Waals surface area (Å²) in [4.78, 5) is 0. The lowest BCUT2D eigenvalue weighted by Gasteiger charge is -2.26. The maximum atomic E-state index is 13.4. The predicted octanol–water partition coefficient (Wildman–Crippen LogP) is 4.49. The van der Waals surface area contributed by atoms with Gasteiger partial charge in [-0.05, 0) is 30.3 Å². The van der Waals surface area contributed by atoms with Gasteiger partial charge in [-0.15, -0.1) is 0 Å². The Kier molecular flexibility index (Phi) is 5.17. The molecule has 0 radical (unpaired) electrons. The molecule has 3 rings (SSSR count). The number of hydrogen-bond donors (Lipinski definition) is 1. The van der Waals surface area contributed by atoms with Crippen LogP contribution in [-0.2, 0) is 12.3 Å². The van der Waals surface area contributed by atoms with E-state index in [9.17, 15) is 13.2 Å². The molecule has 7 heteroatoms. The number of rotatable bonds is 6. The third-order valence-electron chi connectivity index (χ3n) is 3.60. The first-order chi connectivity index (χ1) is 11.1. The highest BCUT2D eigenvalue weighted by molar-refractivity contribution is 7.98. The van der Waals surface area contributed by atoms with E-state index in [4.69, 9.17) is 9.15 Å². The molecule has 1 atom stereocenters. The zero-order chi connectivity index (χ0) is 16.2. The predicted molar refractivity (Wildman–Crippen MR) is 82.1 cm³/mol. The molecule has 3 nitrogen and oxygen atoms in total. The van der Waals surface area contributed by atoms with Crippen molar-refractivity contribution < 1.29 is 22.3 Å². The Morgan fingerprint density at radius 3 is 2.87 bits per heavy atom. The summed E-state index contributed by atoms with van der Waals surface area (Å²) in [5.41, 5.74) is 0.788. The molecular formula is C16H16F3NO2S. The van der Waals surface area contributed by atoms with Gasteiger partial charge >= 0.3 is 0 Å². The molecule has 0 saturated heterocycles. The van der Waals surface area contributed by atoms with E-state index in [-0.39, 0.29) is 17.6 Å². The fourth-order valence-corrected chi connectivity index (χ4v) is 2.99. The fraction of sp³-hybridized carbons (Fsp3) is 0.375. The van der Waals surface area contributed by atoms with Crippen molar-refractivity contribution >= 4 is 11.8 Å². The van der Waals surface area contributed by atoms with Crippen LogP contribution in [0.4, 0.5) is 13.2 Å². The largest absolute Gasteiger partial charge is 0.493 e. The second-order valence-corrected chi connectivity index (χ2v) is 6.17. The van der Waals surface area contributed by atoms with Gasteiger partial charge in [0.25, 0.3) is 5.76 Å². The lowest BCUT2D eigenvalue weighted by Crippen LogP contribution is -2.26. The standard InChI is InChI=1S/C16H16F3NO2S/c17-10-1-4-15-13(7-10)14(5-6-21-15)20-8-11-2-3-12(22-11)9-23-16(18)19/h1-4,7,14,16,20H,5-6,8-9H2. The van der Waals surface area contributed by atoms with Gasteiger partial charge in [0, 0.05) is 18.0 Å². The maximum absolute atomic E-state index is 13.4. The van der Waals surface area contributed by atoms with Crippen molar-refractivity contribution in [3.05, 3.63) is 53.2 Å². The first-order valence-electron chi connectivity index (χ1n) is 7.25. The molecule has 1 N–H and O–H groups in total. The van der Waals surface area contributed by atoms with Crippen molar-refractivity contribution in [3.8, 4) is 5.75 Å². The molecule has 2 aromatic rings. The summed E-state index contributed by atoms with van der Waals surface area (Å²) in [5.74, 6) is -0.697. The number of hydrogen-bond acceptors (Lipinski definition) is 4. The van der Waals surface area contributed by atoms with E-state index in [0.717, 1.165) is 12.0 Å². The van der Waals surface area contributed by atoms with Crippen LogP contribution < -0.4 is 10.1 Å². The van der Waals surface area contributed by atoms with E-state index in [2.05, 4.69) is 5.32 Å². The molecule has 2 heterocycles. The average molecular weight is 343 g/mol. The first kappa shape index (κ1) is 16.3. The average Bonchev–Trinajstić information content (AvgIpc) is 2.99. The SMILES string of the molecule is Fc1ccc2c(c1)C(NCc1ccc(CSC(F)F)o1)CCO2. The zero-order valence-electron chi connectivity index (χ0n) is 12.2. The molecule has 1 aliphatic heterocycles. The minimum absolute atomic E-state index is 0.0292. The van der Waals surface area contributed by atoms with Gasteiger partial charge < -0.3 is 14.5 Å². The van der Waals surface area contributed by atoms with E-state index in [1.165, 1.54) is 12.1 Å². The summed E-state index contributed by atoms with van der Waals surface area (Å²) in [6, 6.07) is 7.91. The Balaban J connectivity index is 1.60. The van der Waals surface area contributed by atoms with Gasteiger partial charge in [-0.3, -0.25) is 0 Å². The van der Waals surface area contributed by atoms with Crippen LogP contribution in [0.2, 0.25) is 0 Å². The van der Waals surface area contributed by atoms with Gasteiger partial charge in [0.2, 0.25) is 0 Å². The summed E-state index contributed by atoms with van der Waals surface area (Å²) < 4.78 is 48.8. The minimum atomic E-state index is -2.41. The number of thioether (sulfide) groups is 1. The smallest absolute Gasteiger partial charge is 0.284 e. The summed E-state index contributed by atoms with van der Waals surface area (Å²) in [7, 11) is 0. The minimum Gasteiger partial charge on any atom is -0.493 e. The normalized spacial score (nSPS) is 17.1. The lowest BCUT2D eigenvalue weighted by atomic mass is 10.0. The molecule has 1 aliphatic rings. The van der Waals surface area contributed by atoms with Gasteiger partial charge in [-0.1, -0.05) is 11.8 Å². The monoisotopic (exact) mass is 343 g/mol. The number of furan rings is 1. The van der Waals surface area contributed by atoms with Crippen molar-refractivity contribution in [2.24, 2.45) is 0 Å². The number of fused-ring (bicyclic) bond motifs is 1. The van der Waals surface area contributed by atoms with E-state index in [1.807, 2.05) is 0 Å². The van der Waals surface area contributed by atoms with Crippen LogP contribution in [0.5, 0.6) is 5.75 Å². The Morgan fingerprint density at radius 2 is 2.04 bits per heavy atom. The molecule has 1 aromatic heterocycles. The van der Waals surface area contributed by atoms with Crippen LogP contribution in [0.1, 0.15) is 29.5 Å². The molecule has 0 saturated carbocycles. The third-order valence-corrected chi connectivity index (χ3v) is 4.31. The van der Waals surface area contributed by atoms with Crippen LogP contribution in [0, 0.1) is 5.82 Å². The summed E-state index contributed by atoms with van der Waals surface area (Å²) in [6.45, 7) is 1.00. The highest BCUT2D eigenvalue weighted by Gasteiger charge is 2.22. The van der Waals surface area contributed by atoms with E-state index < -0.39 is 5.76 Å². The molecule has 0 amide bonds. The molecule has 1 unspecified atom stereocenters. The fourth-order valence-electron chi connectivity index (χ4n) is 2.54. The molecular weight excluding hydrogens is 327 g/mol. The molecule has 0 aliphatic carbocycles. The summed E-state index contributed by atoms with van der Waals surface area (Å²) >= 11 is 0.530. The van der Waals surface area contributed by atoms with Gasteiger partial charge in [-0.2, -0.15) is 8.78 Å². The second kappa shape index (κ2) is 7.31. The van der Waals surface area contributed by atoms with Crippen LogP contribution >= 0.6 is 11.8 Å². The summed E-state index contributed by atoms with van der Waals surface area (Å²) in [6.07, 6.45) is 0.727. The number of nitrogens with one attached hydrogen (secondary N) is 1. The van der Waals surface area contributed by atoms with Gasteiger partial charge in [-0.25, -0.2) is 4.39 Å². The van der Waals surface area contributed by atoms with Crippen molar-refractivity contribution in [3.63, 3.8) is 0 Å². The highest BCUT2D eigenvalue weighted by Crippen LogP contribution is 2.32. The van der Waals surface area contributed by atoms with E-state index in [1.54, 1.807) is 18.2 Å². The molecule has 23 heavy (non-hydrogen) atoms. The molecule has 0 fully saturated rings. The molecule has 0 bridgehead atoms. The highest BCUT2D eigenvalue weighted by atomic mass is 32.2. The topological polar surface area (TPSA) is 34.4 Å². The number of alkyl halides is 2. The van der Waals surface area contributed by atoms with Crippen molar-refractivity contribution in [1.82, 2.24) is 5.32 Å². The third kappa shape index (κ3) is 4.23. The van der Waals surface area contributed by atoms with Crippen LogP contribution in [-0.4, -0.2) is 12.4 Å². The number of halogens is 3. The Bertz CT molecular complexity index is 663. The van der Waals surface area contributed by atoms with E-state index in [0.29, 0.717) is 42.2 Å². The molecule has 1 aromatic carbocycles. The van der Waals surface area contributed by atoms with Crippen LogP contribution in [0.15, 0.2) is 34.7 Å². The lowest BCUT2D eigenvalue weighted by molar-refractivity contribution is 0.248. The van der Waals surface area contributed by atoms with E-state index >= 15 is 0 Å². The zero-order valence-corrected chi connectivity index (χ0v) is 13.0. The summed E-state index contributed by atoms with van der Waals surface area (Å²) in [5, 5.41) is 3.30. The van der Waals surface area contributed by atoms with Crippen molar-refractivity contribution in [2.75, 3.05) is 6.61 Å². The van der Waals surface area contributed by atoms with Gasteiger partial charge in [0.05, 0.1) is 18.9 Å². The Labute approximate surface area is 136 Å². The first-order valence-corrected chi connectivity index (χ1v) is 8.29.